The van der Waals surface area contributed by atoms with Crippen LogP contribution < -0.4 is 5.73 Å². The number of carbonyl (C=O) groups excluding carboxylic acids is 2. The maximum atomic E-state index is 13.3. The topological polar surface area (TPSA) is 92.4 Å². The van der Waals surface area contributed by atoms with Crippen molar-refractivity contribution in [1.82, 2.24) is 19.8 Å². The van der Waals surface area contributed by atoms with Gasteiger partial charge in [-0.05, 0) is 19.8 Å². The molecule has 0 aromatic carbocycles. The van der Waals surface area contributed by atoms with Crippen molar-refractivity contribution < 1.29 is 35.9 Å². The predicted octanol–water partition coefficient (Wildman–Crippen LogP) is 3.16. The molecule has 2 amide bonds. The fourth-order valence-corrected chi connectivity index (χ4v) is 3.60. The summed E-state index contributed by atoms with van der Waals surface area (Å²) in [5.74, 6) is -2.53. The van der Waals surface area contributed by atoms with E-state index in [1.165, 1.54) is 4.90 Å². The number of halogens is 6. The molecule has 13 heteroatoms. The largest absolute Gasteiger partial charge is 0.451 e. The highest BCUT2D eigenvalue weighted by atomic mass is 19.4. The number of nitrogens with zero attached hydrogens (tertiary/aromatic N) is 4. The highest BCUT2D eigenvalue weighted by molar-refractivity contribution is 5.78. The van der Waals surface area contributed by atoms with Gasteiger partial charge >= 0.3 is 12.4 Å². The summed E-state index contributed by atoms with van der Waals surface area (Å²) in [7, 11) is 0. The molecule has 0 fully saturated rings. The molecule has 1 aliphatic heterocycles. The highest BCUT2D eigenvalue weighted by Gasteiger charge is 2.43. The number of fused-ring (bicyclic) bond motifs is 1. The van der Waals surface area contributed by atoms with Crippen LogP contribution in [0.25, 0.3) is 0 Å². The van der Waals surface area contributed by atoms with Crippen molar-refractivity contribution in [2.24, 2.45) is 5.73 Å². The lowest BCUT2D eigenvalue weighted by atomic mass is 10.0. The van der Waals surface area contributed by atoms with Gasteiger partial charge in [-0.1, -0.05) is 13.3 Å². The standard InChI is InChI=1S/C20H27F6N5O2/c1-3-5-6-15(32)30(4-2)10-12(27)9-16(33)31-8-7-13-14(11-31)28-18(20(24,25)26)29-17(13)19(21,22)23/h12H,3-11,27H2,1-2H3/t12-/m0/s1. The van der Waals surface area contributed by atoms with Gasteiger partial charge in [0.1, 0.15) is 0 Å². The Morgan fingerprint density at radius 2 is 1.79 bits per heavy atom. The molecule has 0 aliphatic carbocycles. The Balaban J connectivity index is 2.13. The van der Waals surface area contributed by atoms with Gasteiger partial charge in [-0.2, -0.15) is 26.3 Å². The summed E-state index contributed by atoms with van der Waals surface area (Å²) < 4.78 is 78.9. The number of hydrogen-bond donors (Lipinski definition) is 1. The van der Waals surface area contributed by atoms with E-state index in [1.54, 1.807) is 6.92 Å². The Morgan fingerprint density at radius 3 is 2.33 bits per heavy atom. The van der Waals surface area contributed by atoms with E-state index in [0.29, 0.717) is 13.0 Å². The first-order valence-corrected chi connectivity index (χ1v) is 10.6. The lowest BCUT2D eigenvalue weighted by Gasteiger charge is -2.31. The van der Waals surface area contributed by atoms with Crippen molar-refractivity contribution in [2.75, 3.05) is 19.6 Å². The first-order valence-electron chi connectivity index (χ1n) is 10.6. The van der Waals surface area contributed by atoms with Gasteiger partial charge in [0.05, 0.1) is 12.2 Å². The van der Waals surface area contributed by atoms with Gasteiger partial charge in [0.2, 0.25) is 17.6 Å². The molecule has 0 saturated carbocycles. The fraction of sp³-hybridized carbons (Fsp3) is 0.700. The van der Waals surface area contributed by atoms with E-state index in [4.69, 9.17) is 5.73 Å². The number of rotatable bonds is 8. The molecule has 1 aromatic rings. The molecule has 0 bridgehead atoms. The highest BCUT2D eigenvalue weighted by Crippen LogP contribution is 2.36. The summed E-state index contributed by atoms with van der Waals surface area (Å²) in [4.78, 5) is 33.5. The third-order valence-electron chi connectivity index (χ3n) is 5.31. The molecule has 2 heterocycles. The number of alkyl halides is 6. The quantitative estimate of drug-likeness (QED) is 0.574. The number of hydrogen-bond acceptors (Lipinski definition) is 5. The summed E-state index contributed by atoms with van der Waals surface area (Å²) in [6, 6.07) is -0.730. The maximum Gasteiger partial charge on any atom is 0.451 e. The van der Waals surface area contributed by atoms with E-state index >= 15 is 0 Å². The van der Waals surface area contributed by atoms with Crippen LogP contribution in [0, 0.1) is 0 Å². The van der Waals surface area contributed by atoms with Gasteiger partial charge in [-0.15, -0.1) is 0 Å². The van der Waals surface area contributed by atoms with E-state index < -0.39 is 53.6 Å². The molecule has 0 spiro atoms. The molecule has 1 atom stereocenters. The molecule has 0 radical (unpaired) electrons. The van der Waals surface area contributed by atoms with Crippen LogP contribution in [-0.2, 0) is 34.9 Å². The molecule has 0 saturated heterocycles. The van der Waals surface area contributed by atoms with Gasteiger partial charge in [0, 0.05) is 44.1 Å². The summed E-state index contributed by atoms with van der Waals surface area (Å²) >= 11 is 0. The van der Waals surface area contributed by atoms with Crippen LogP contribution >= 0.6 is 0 Å². The van der Waals surface area contributed by atoms with E-state index in [0.717, 1.165) is 17.7 Å². The zero-order valence-corrected chi connectivity index (χ0v) is 18.4. The molecular weight excluding hydrogens is 456 g/mol. The van der Waals surface area contributed by atoms with Crippen molar-refractivity contribution in [3.63, 3.8) is 0 Å². The average molecular weight is 483 g/mol. The molecule has 1 aromatic heterocycles. The Labute approximate surface area is 187 Å². The maximum absolute atomic E-state index is 13.3. The Kier molecular flexibility index (Phi) is 8.66. The van der Waals surface area contributed by atoms with Crippen LogP contribution in [0.5, 0.6) is 0 Å². The van der Waals surface area contributed by atoms with Gasteiger partial charge < -0.3 is 15.5 Å². The average Bonchev–Trinajstić information content (AvgIpc) is 2.73. The molecular formula is C20H27F6N5O2. The van der Waals surface area contributed by atoms with Gasteiger partial charge in [0.25, 0.3) is 0 Å². The molecule has 2 rings (SSSR count). The van der Waals surface area contributed by atoms with Crippen LogP contribution in [0.3, 0.4) is 0 Å². The summed E-state index contributed by atoms with van der Waals surface area (Å²) in [5.41, 5.74) is 3.46. The van der Waals surface area contributed by atoms with Crippen LogP contribution in [0.2, 0.25) is 0 Å². The number of carbonyl (C=O) groups is 2. The van der Waals surface area contributed by atoms with Crippen molar-refractivity contribution in [3.8, 4) is 0 Å². The van der Waals surface area contributed by atoms with Crippen LogP contribution in [-0.4, -0.2) is 57.3 Å². The normalized spacial score (nSPS) is 15.2. The van der Waals surface area contributed by atoms with Gasteiger partial charge in [-0.3, -0.25) is 9.59 Å². The zero-order chi connectivity index (χ0) is 25.0. The minimum absolute atomic E-state index is 0.0924. The summed E-state index contributed by atoms with van der Waals surface area (Å²) in [5, 5.41) is 0. The predicted molar refractivity (Wildman–Crippen MR) is 106 cm³/mol. The van der Waals surface area contributed by atoms with E-state index in [1.807, 2.05) is 6.92 Å². The van der Waals surface area contributed by atoms with Crippen LogP contribution in [0.1, 0.15) is 62.3 Å². The second-order valence-corrected chi connectivity index (χ2v) is 7.88. The molecule has 2 N–H and O–H groups in total. The second kappa shape index (κ2) is 10.7. The van der Waals surface area contributed by atoms with Gasteiger partial charge in [0.15, 0.2) is 5.69 Å². The molecule has 33 heavy (non-hydrogen) atoms. The third kappa shape index (κ3) is 7.02. The number of unbranched alkanes of at least 4 members (excludes halogenated alkanes) is 1. The third-order valence-corrected chi connectivity index (χ3v) is 5.31. The number of amides is 2. The Morgan fingerprint density at radius 1 is 1.12 bits per heavy atom. The van der Waals surface area contributed by atoms with Crippen molar-refractivity contribution in [3.05, 3.63) is 22.8 Å². The second-order valence-electron chi connectivity index (χ2n) is 7.88. The SMILES string of the molecule is CCCCC(=O)N(CC)C[C@@H](N)CC(=O)N1CCc2c(nc(C(F)(F)F)nc2C(F)(F)F)C1. The van der Waals surface area contributed by atoms with E-state index in [9.17, 15) is 35.9 Å². The molecule has 0 unspecified atom stereocenters. The summed E-state index contributed by atoms with van der Waals surface area (Å²) in [6.45, 7) is 3.60. The smallest absolute Gasteiger partial charge is 0.341 e. The summed E-state index contributed by atoms with van der Waals surface area (Å²) in [6.07, 6.45) is -8.88. The molecule has 7 nitrogen and oxygen atoms in total. The molecule has 186 valence electrons. The minimum Gasteiger partial charge on any atom is -0.341 e. The van der Waals surface area contributed by atoms with Crippen molar-refractivity contribution >= 4 is 11.8 Å². The van der Waals surface area contributed by atoms with Gasteiger partial charge in [-0.25, -0.2) is 9.97 Å². The lowest BCUT2D eigenvalue weighted by molar-refractivity contribution is -0.153. The number of likely N-dealkylation sites (N-methyl/N-ethyl adjacent to an activating group) is 1. The minimum atomic E-state index is -5.17. The first kappa shape index (κ1) is 26.8. The number of nitrogens with two attached hydrogens (primary N) is 1. The van der Waals surface area contributed by atoms with Crippen LogP contribution in [0.15, 0.2) is 0 Å². The van der Waals surface area contributed by atoms with Crippen molar-refractivity contribution in [1.29, 1.82) is 0 Å². The Hall–Kier alpha value is -2.44. The number of aromatic nitrogens is 2. The van der Waals surface area contributed by atoms with E-state index in [-0.39, 0.29) is 31.8 Å². The monoisotopic (exact) mass is 483 g/mol. The first-order chi connectivity index (χ1) is 15.3. The zero-order valence-electron chi connectivity index (χ0n) is 18.4. The van der Waals surface area contributed by atoms with Crippen molar-refractivity contribution in [2.45, 2.75) is 70.9 Å². The van der Waals surface area contributed by atoms with Crippen LogP contribution in [0.4, 0.5) is 26.3 Å². The Bertz CT molecular complexity index is 859. The lowest BCUT2D eigenvalue weighted by Crippen LogP contribution is -2.45. The van der Waals surface area contributed by atoms with E-state index in [2.05, 4.69) is 9.97 Å². The molecule has 1 aliphatic rings. The fourth-order valence-electron chi connectivity index (χ4n) is 3.60.